The summed E-state index contributed by atoms with van der Waals surface area (Å²) in [5, 5.41) is 24.2. The number of hydrogen-bond acceptors (Lipinski definition) is 5. The third kappa shape index (κ3) is 5.33. The fraction of sp³-hybridized carbons (Fsp3) is 0. The smallest absolute Gasteiger partial charge is 0.188 e. The summed E-state index contributed by atoms with van der Waals surface area (Å²) < 4.78 is 4.25. The van der Waals surface area contributed by atoms with Crippen LogP contribution in [0.3, 0.4) is 0 Å². The molecular weight excluding hydrogens is 715 g/mol. The first-order chi connectivity index (χ1) is 28.6. The molecule has 0 saturated carbocycles. The minimum Gasteiger partial charge on any atom is -0.309 e. The van der Waals surface area contributed by atoms with Crippen molar-refractivity contribution in [2.45, 2.75) is 0 Å². The van der Waals surface area contributed by atoms with Gasteiger partial charge >= 0.3 is 0 Å². The summed E-state index contributed by atoms with van der Waals surface area (Å²) in [6.45, 7) is 15.4. The molecule has 0 N–H and O–H groups in total. The van der Waals surface area contributed by atoms with Gasteiger partial charge in [0.1, 0.15) is 0 Å². The van der Waals surface area contributed by atoms with Crippen LogP contribution in [0.25, 0.3) is 98.8 Å². The molecule has 0 amide bonds. The third-order valence-electron chi connectivity index (χ3n) is 10.5. The monoisotopic (exact) mass is 739 g/mol. The molecule has 9 heteroatoms. The van der Waals surface area contributed by atoms with Crippen LogP contribution < -0.4 is 0 Å². The van der Waals surface area contributed by atoms with E-state index in [-0.39, 0.29) is 0 Å². The van der Waals surface area contributed by atoms with Gasteiger partial charge in [0, 0.05) is 27.5 Å². The van der Waals surface area contributed by atoms with E-state index in [0.717, 1.165) is 60.5 Å². The van der Waals surface area contributed by atoms with Crippen LogP contribution >= 0.6 is 0 Å². The van der Waals surface area contributed by atoms with E-state index in [4.69, 9.17) is 28.1 Å². The van der Waals surface area contributed by atoms with Crippen molar-refractivity contribution in [3.05, 3.63) is 186 Å². The zero-order valence-electron chi connectivity index (χ0n) is 30.5. The lowest BCUT2D eigenvalue weighted by Gasteiger charge is -2.17. The van der Waals surface area contributed by atoms with Gasteiger partial charge in [-0.15, -0.1) is 0 Å². The second-order valence-electron chi connectivity index (χ2n) is 13.7. The van der Waals surface area contributed by atoms with E-state index < -0.39 is 0 Å². The normalized spacial score (nSPS) is 11.0. The van der Waals surface area contributed by atoms with Crippen molar-refractivity contribution < 1.29 is 0 Å². The zero-order chi connectivity index (χ0) is 39.3. The van der Waals surface area contributed by atoms with Crippen molar-refractivity contribution in [3.63, 3.8) is 0 Å². The number of para-hydroxylation sites is 2. The van der Waals surface area contributed by atoms with Crippen LogP contribution in [0.2, 0.25) is 0 Å². The first-order valence-corrected chi connectivity index (χ1v) is 18.3. The first kappa shape index (κ1) is 33.7. The number of benzene rings is 7. The molecule has 3 heterocycles. The van der Waals surface area contributed by atoms with E-state index in [1.54, 1.807) is 24.3 Å². The van der Waals surface area contributed by atoms with E-state index in [1.807, 2.05) is 127 Å². The molecule has 0 unspecified atom stereocenters. The van der Waals surface area contributed by atoms with Gasteiger partial charge in [0.2, 0.25) is 0 Å². The number of fused-ring (bicyclic) bond motifs is 6. The minimum absolute atomic E-state index is 0.330. The molecule has 0 atom stereocenters. The van der Waals surface area contributed by atoms with Crippen LogP contribution in [-0.4, -0.2) is 24.1 Å². The van der Waals surface area contributed by atoms with Gasteiger partial charge < -0.3 is 9.13 Å². The van der Waals surface area contributed by atoms with Crippen LogP contribution in [0.5, 0.6) is 0 Å². The fourth-order valence-corrected chi connectivity index (χ4v) is 7.87. The van der Waals surface area contributed by atoms with Crippen LogP contribution in [0, 0.1) is 35.8 Å². The minimum atomic E-state index is 0.330. The number of aromatic nitrogens is 5. The molecule has 0 fully saturated rings. The van der Waals surface area contributed by atoms with Crippen molar-refractivity contribution >= 4 is 55.0 Å². The molecule has 58 heavy (non-hydrogen) atoms. The highest BCUT2D eigenvalue weighted by Crippen LogP contribution is 2.40. The Hall–Kier alpha value is -8.89. The molecule has 0 aliphatic rings. The Morgan fingerprint density at radius 1 is 0.431 bits per heavy atom. The molecule has 0 saturated heterocycles. The molecule has 0 aliphatic carbocycles. The Kier molecular flexibility index (Phi) is 7.80. The lowest BCUT2D eigenvalue weighted by atomic mass is 10.1. The first-order valence-electron chi connectivity index (χ1n) is 18.3. The summed E-state index contributed by atoms with van der Waals surface area (Å²) in [5.41, 5.74) is 8.95. The molecule has 9 nitrogen and oxygen atoms in total. The Bertz CT molecular complexity index is 3300. The van der Waals surface area contributed by atoms with Gasteiger partial charge in [0.05, 0.1) is 69.9 Å². The maximum Gasteiger partial charge on any atom is 0.188 e. The highest BCUT2D eigenvalue weighted by atomic mass is 15.1. The second-order valence-corrected chi connectivity index (χ2v) is 13.7. The summed E-state index contributed by atoms with van der Waals surface area (Å²) in [6, 6.07) is 52.6. The summed E-state index contributed by atoms with van der Waals surface area (Å²) in [5.74, 6) is 1.07. The van der Waals surface area contributed by atoms with E-state index in [1.165, 1.54) is 0 Å². The van der Waals surface area contributed by atoms with E-state index >= 15 is 0 Å². The third-order valence-corrected chi connectivity index (χ3v) is 10.5. The van der Waals surface area contributed by atoms with Gasteiger partial charge in [-0.2, -0.15) is 10.5 Å². The van der Waals surface area contributed by atoms with Crippen LogP contribution in [0.15, 0.2) is 152 Å². The van der Waals surface area contributed by atoms with Crippen molar-refractivity contribution in [1.82, 2.24) is 24.1 Å². The van der Waals surface area contributed by atoms with Gasteiger partial charge in [-0.25, -0.2) is 24.6 Å². The lowest BCUT2D eigenvalue weighted by molar-refractivity contribution is 1.06. The highest BCUT2D eigenvalue weighted by Gasteiger charge is 2.23. The van der Waals surface area contributed by atoms with Crippen LogP contribution in [0.1, 0.15) is 11.1 Å². The highest BCUT2D eigenvalue weighted by molar-refractivity contribution is 6.12. The van der Waals surface area contributed by atoms with Crippen LogP contribution in [-0.2, 0) is 0 Å². The molecule has 0 radical (unpaired) electrons. The summed E-state index contributed by atoms with van der Waals surface area (Å²) in [6.07, 6.45) is 0. The number of nitrogens with zero attached hydrogens (tertiary/aromatic N) is 9. The molecule has 3 aromatic heterocycles. The predicted molar refractivity (Wildman–Crippen MR) is 227 cm³/mol. The Balaban J connectivity index is 1.29. The number of rotatable bonds is 5. The molecule has 7 aromatic carbocycles. The molecule has 10 aromatic rings. The van der Waals surface area contributed by atoms with Crippen molar-refractivity contribution in [1.29, 1.82) is 10.5 Å². The van der Waals surface area contributed by atoms with Crippen molar-refractivity contribution in [2.75, 3.05) is 0 Å². The summed E-state index contributed by atoms with van der Waals surface area (Å²) in [7, 11) is 0. The van der Waals surface area contributed by atoms with E-state index in [0.29, 0.717) is 51.1 Å². The van der Waals surface area contributed by atoms with Crippen molar-refractivity contribution in [3.8, 4) is 57.7 Å². The fourth-order valence-electron chi connectivity index (χ4n) is 7.87. The molecular formula is C49H25N9. The van der Waals surface area contributed by atoms with Gasteiger partial charge in [0.25, 0.3) is 0 Å². The van der Waals surface area contributed by atoms with E-state index in [9.17, 15) is 10.5 Å². The molecule has 266 valence electrons. The average Bonchev–Trinajstić information content (AvgIpc) is 3.80. The quantitative estimate of drug-likeness (QED) is 0.163. The maximum atomic E-state index is 10.2. The van der Waals surface area contributed by atoms with Gasteiger partial charge in [-0.05, 0) is 83.6 Å². The van der Waals surface area contributed by atoms with Gasteiger partial charge in [-0.3, -0.25) is 0 Å². The Morgan fingerprint density at radius 2 is 0.862 bits per heavy atom. The maximum absolute atomic E-state index is 10.2. The number of hydrogen-bond donors (Lipinski definition) is 0. The van der Waals surface area contributed by atoms with Gasteiger partial charge in [-0.1, -0.05) is 78.9 Å². The standard InChI is InChI=1S/C49H25N9/c1-52-33-18-22-43-37(26-33)35-12-6-8-14-41(35)57(43)45-20-16-30(28-50)24-39(45)48-54-47(32-10-4-3-5-11-32)55-49(56-48)40-25-31(29-51)17-21-46(40)58-42-15-9-7-13-36(42)38-27-34(53-2)19-23-44(38)58/h3-27H. The molecule has 10 rings (SSSR count). The predicted octanol–water partition coefficient (Wildman–Crippen LogP) is 11.9. The molecule has 0 spiro atoms. The average molecular weight is 740 g/mol. The lowest BCUT2D eigenvalue weighted by Crippen LogP contribution is -2.06. The molecule has 0 bridgehead atoms. The van der Waals surface area contributed by atoms with E-state index in [2.05, 4.69) is 31.0 Å². The SMILES string of the molecule is [C-]#[N+]c1ccc2c(c1)c1ccccc1n2-c1ccc(C#N)cc1-c1nc(-c2ccccc2)nc(-c2cc(C#N)ccc2-n2c3ccccc3c3cc([N+]#[C-])ccc32)n1. The summed E-state index contributed by atoms with van der Waals surface area (Å²) in [4.78, 5) is 22.8. The largest absolute Gasteiger partial charge is 0.309 e. The van der Waals surface area contributed by atoms with Crippen molar-refractivity contribution in [2.24, 2.45) is 0 Å². The topological polar surface area (TPSA) is 105 Å². The number of nitriles is 2. The Morgan fingerprint density at radius 3 is 1.33 bits per heavy atom. The summed E-state index contributed by atoms with van der Waals surface area (Å²) >= 11 is 0. The zero-order valence-corrected chi connectivity index (χ0v) is 30.5. The van der Waals surface area contributed by atoms with Gasteiger partial charge in [0.15, 0.2) is 28.8 Å². The second kappa shape index (κ2) is 13.4. The molecule has 0 aliphatic heterocycles. The Labute approximate surface area is 331 Å². The van der Waals surface area contributed by atoms with Crippen LogP contribution in [0.4, 0.5) is 11.4 Å².